The number of benzene rings is 1. The Bertz CT molecular complexity index is 669. The van der Waals surface area contributed by atoms with Crippen molar-refractivity contribution in [3.63, 3.8) is 0 Å². The number of aryl methyl sites for hydroxylation is 1. The predicted octanol–water partition coefficient (Wildman–Crippen LogP) is 2.92. The zero-order valence-corrected chi connectivity index (χ0v) is 17.5. The first-order valence-corrected chi connectivity index (χ1v) is 11.0. The van der Waals surface area contributed by atoms with Crippen LogP contribution in [0.1, 0.15) is 37.7 Å². The van der Waals surface area contributed by atoms with Gasteiger partial charge >= 0.3 is 0 Å². The van der Waals surface area contributed by atoms with Crippen molar-refractivity contribution < 1.29 is 9.53 Å². The highest BCUT2D eigenvalue weighted by atomic mass is 16.5. The molecule has 0 aliphatic carbocycles. The number of anilines is 1. The third-order valence-corrected chi connectivity index (χ3v) is 7.15. The van der Waals surface area contributed by atoms with Crippen molar-refractivity contribution in [1.29, 1.82) is 0 Å². The van der Waals surface area contributed by atoms with Crippen LogP contribution in [0.5, 0.6) is 0 Å². The van der Waals surface area contributed by atoms with Gasteiger partial charge in [-0.3, -0.25) is 9.69 Å². The average Bonchev–Trinajstić information content (AvgIpc) is 3.15. The summed E-state index contributed by atoms with van der Waals surface area (Å²) in [6.45, 7) is 8.70. The number of carbonyl (C=O) groups is 1. The normalized spacial score (nSPS) is 27.1. The first-order chi connectivity index (χ1) is 13.6. The van der Waals surface area contributed by atoms with Crippen LogP contribution in [-0.2, 0) is 9.53 Å². The molecule has 4 rings (SSSR count). The quantitative estimate of drug-likeness (QED) is 0.781. The molecule has 0 bridgehead atoms. The number of methoxy groups -OCH3 is 1. The Balaban J connectivity index is 1.33. The highest BCUT2D eigenvalue weighted by molar-refractivity contribution is 5.84. The summed E-state index contributed by atoms with van der Waals surface area (Å²) in [6.07, 6.45) is 5.63. The number of carbonyl (C=O) groups excluding carboxylic acids is 1. The van der Waals surface area contributed by atoms with Crippen molar-refractivity contribution in [2.75, 3.05) is 57.9 Å². The second kappa shape index (κ2) is 8.42. The monoisotopic (exact) mass is 385 g/mol. The number of amides is 1. The van der Waals surface area contributed by atoms with Crippen molar-refractivity contribution in [2.45, 2.75) is 45.1 Å². The van der Waals surface area contributed by atoms with E-state index in [1.165, 1.54) is 24.1 Å². The average molecular weight is 386 g/mol. The lowest BCUT2D eigenvalue weighted by Crippen LogP contribution is -2.52. The second-order valence-electron chi connectivity index (χ2n) is 8.94. The van der Waals surface area contributed by atoms with Crippen LogP contribution in [0.15, 0.2) is 24.3 Å². The van der Waals surface area contributed by atoms with Crippen molar-refractivity contribution in [3.8, 4) is 0 Å². The van der Waals surface area contributed by atoms with Crippen molar-refractivity contribution >= 4 is 11.6 Å². The molecule has 0 radical (unpaired) electrons. The molecule has 28 heavy (non-hydrogen) atoms. The molecule has 1 aromatic carbocycles. The van der Waals surface area contributed by atoms with E-state index in [0.29, 0.717) is 18.6 Å². The van der Waals surface area contributed by atoms with E-state index >= 15 is 0 Å². The molecule has 3 saturated heterocycles. The van der Waals surface area contributed by atoms with Crippen LogP contribution in [0.4, 0.5) is 5.69 Å². The molecule has 0 saturated carbocycles. The molecule has 3 aliphatic heterocycles. The van der Waals surface area contributed by atoms with Crippen LogP contribution < -0.4 is 4.90 Å². The standard InChI is InChI=1S/C23H35N3O2/c1-19-4-6-20(7-5-19)24-13-8-21(9-14-24)26-15-11-23(18-26)10-3-12-25(22(23)27)16-17-28-2/h4-7,21H,3,8-18H2,1-2H3/t23-/m1/s1. The molecular formula is C23H35N3O2. The highest BCUT2D eigenvalue weighted by Gasteiger charge is 2.49. The predicted molar refractivity (Wildman–Crippen MR) is 113 cm³/mol. The van der Waals surface area contributed by atoms with Gasteiger partial charge in [-0.05, 0) is 57.7 Å². The summed E-state index contributed by atoms with van der Waals surface area (Å²) in [7, 11) is 1.71. The van der Waals surface area contributed by atoms with Crippen molar-refractivity contribution in [1.82, 2.24) is 9.80 Å². The zero-order valence-electron chi connectivity index (χ0n) is 17.5. The fourth-order valence-corrected chi connectivity index (χ4v) is 5.41. The molecule has 5 heteroatoms. The van der Waals surface area contributed by atoms with Gasteiger partial charge < -0.3 is 14.5 Å². The molecule has 3 fully saturated rings. The van der Waals surface area contributed by atoms with Gasteiger partial charge in [0.25, 0.3) is 0 Å². The van der Waals surface area contributed by atoms with Gasteiger partial charge in [0, 0.05) is 51.6 Å². The van der Waals surface area contributed by atoms with Gasteiger partial charge in [-0.15, -0.1) is 0 Å². The van der Waals surface area contributed by atoms with Crippen LogP contribution >= 0.6 is 0 Å². The Labute approximate surface area is 169 Å². The molecule has 3 heterocycles. The van der Waals surface area contributed by atoms with Crippen LogP contribution in [0.3, 0.4) is 0 Å². The van der Waals surface area contributed by atoms with Crippen LogP contribution in [0, 0.1) is 12.3 Å². The van der Waals surface area contributed by atoms with Crippen molar-refractivity contribution in [3.05, 3.63) is 29.8 Å². The SMILES string of the molecule is COCCN1CCC[C@]2(CCN(C3CCN(c4ccc(C)cc4)CC3)C2)C1=O. The fourth-order valence-electron chi connectivity index (χ4n) is 5.41. The van der Waals surface area contributed by atoms with Gasteiger partial charge in [-0.1, -0.05) is 17.7 Å². The smallest absolute Gasteiger partial charge is 0.230 e. The number of ether oxygens (including phenoxy) is 1. The fraction of sp³-hybridized carbons (Fsp3) is 0.696. The molecule has 0 unspecified atom stereocenters. The molecule has 1 aromatic rings. The lowest BCUT2D eigenvalue weighted by molar-refractivity contribution is -0.146. The molecule has 1 atom stereocenters. The summed E-state index contributed by atoms with van der Waals surface area (Å²) in [4.78, 5) is 20.4. The summed E-state index contributed by atoms with van der Waals surface area (Å²) in [5.41, 5.74) is 2.54. The maximum absolute atomic E-state index is 13.2. The lowest BCUT2D eigenvalue weighted by Gasteiger charge is -2.41. The summed E-state index contributed by atoms with van der Waals surface area (Å²) in [5, 5.41) is 0. The summed E-state index contributed by atoms with van der Waals surface area (Å²) < 4.78 is 5.20. The Morgan fingerprint density at radius 3 is 2.54 bits per heavy atom. The van der Waals surface area contributed by atoms with E-state index in [1.807, 2.05) is 0 Å². The number of nitrogens with zero attached hydrogens (tertiary/aromatic N) is 3. The van der Waals surface area contributed by atoms with Gasteiger partial charge in [-0.2, -0.15) is 0 Å². The first-order valence-electron chi connectivity index (χ1n) is 11.0. The maximum Gasteiger partial charge on any atom is 0.230 e. The molecule has 1 amide bonds. The molecule has 1 spiro atoms. The molecule has 0 N–H and O–H groups in total. The first kappa shape index (κ1) is 19.7. The Hall–Kier alpha value is -1.59. The number of hydrogen-bond acceptors (Lipinski definition) is 4. The Morgan fingerprint density at radius 2 is 1.82 bits per heavy atom. The van der Waals surface area contributed by atoms with E-state index in [-0.39, 0.29) is 5.41 Å². The zero-order chi connectivity index (χ0) is 19.6. The minimum atomic E-state index is -0.125. The second-order valence-corrected chi connectivity index (χ2v) is 8.94. The van der Waals surface area contributed by atoms with E-state index in [4.69, 9.17) is 4.74 Å². The molecular weight excluding hydrogens is 350 g/mol. The van der Waals surface area contributed by atoms with Crippen molar-refractivity contribution in [2.24, 2.45) is 5.41 Å². The summed E-state index contributed by atoms with van der Waals surface area (Å²) in [6, 6.07) is 9.53. The third-order valence-electron chi connectivity index (χ3n) is 7.15. The molecule has 5 nitrogen and oxygen atoms in total. The van der Waals surface area contributed by atoms with Crippen LogP contribution in [0.25, 0.3) is 0 Å². The minimum absolute atomic E-state index is 0.125. The van der Waals surface area contributed by atoms with Gasteiger partial charge in [0.2, 0.25) is 5.91 Å². The molecule has 0 aromatic heterocycles. The molecule has 3 aliphatic rings. The van der Waals surface area contributed by atoms with Gasteiger partial charge in [-0.25, -0.2) is 0 Å². The van der Waals surface area contributed by atoms with E-state index in [1.54, 1.807) is 7.11 Å². The third kappa shape index (κ3) is 3.92. The summed E-state index contributed by atoms with van der Waals surface area (Å²) in [5.74, 6) is 0.385. The van der Waals surface area contributed by atoms with Crippen LogP contribution in [-0.4, -0.2) is 74.7 Å². The number of rotatable bonds is 5. The topological polar surface area (TPSA) is 36.0 Å². The van der Waals surface area contributed by atoms with E-state index < -0.39 is 0 Å². The lowest BCUT2D eigenvalue weighted by atomic mass is 9.78. The highest BCUT2D eigenvalue weighted by Crippen LogP contribution is 2.41. The maximum atomic E-state index is 13.2. The largest absolute Gasteiger partial charge is 0.383 e. The van der Waals surface area contributed by atoms with Gasteiger partial charge in [0.1, 0.15) is 0 Å². The minimum Gasteiger partial charge on any atom is -0.383 e. The Kier molecular flexibility index (Phi) is 5.93. The number of piperidine rings is 2. The Morgan fingerprint density at radius 1 is 1.07 bits per heavy atom. The molecule has 154 valence electrons. The van der Waals surface area contributed by atoms with Gasteiger partial charge in [0.05, 0.1) is 12.0 Å². The number of hydrogen-bond donors (Lipinski definition) is 0. The van der Waals surface area contributed by atoms with Gasteiger partial charge in [0.15, 0.2) is 0 Å². The van der Waals surface area contributed by atoms with E-state index in [0.717, 1.165) is 58.5 Å². The van der Waals surface area contributed by atoms with Crippen LogP contribution in [0.2, 0.25) is 0 Å². The van der Waals surface area contributed by atoms with E-state index in [2.05, 4.69) is 45.9 Å². The van der Waals surface area contributed by atoms with E-state index in [9.17, 15) is 4.79 Å². The number of likely N-dealkylation sites (tertiary alicyclic amines) is 2. The summed E-state index contributed by atoms with van der Waals surface area (Å²) >= 11 is 0.